The normalized spacial score (nSPS) is 11.7. The SMILES string of the molecule is CC(=O)CCC(=O)N(Cc1ccccc1)C(C)CC(=O)O. The van der Waals surface area contributed by atoms with Crippen LogP contribution in [0, 0.1) is 0 Å². The van der Waals surface area contributed by atoms with Crippen LogP contribution in [0.4, 0.5) is 0 Å². The molecule has 1 aromatic carbocycles. The van der Waals surface area contributed by atoms with Gasteiger partial charge in [0.2, 0.25) is 5.91 Å². The van der Waals surface area contributed by atoms with E-state index in [4.69, 9.17) is 5.11 Å². The van der Waals surface area contributed by atoms with Crippen LogP contribution in [-0.2, 0) is 20.9 Å². The molecule has 0 aliphatic carbocycles. The van der Waals surface area contributed by atoms with Crippen LogP contribution in [0.3, 0.4) is 0 Å². The average molecular weight is 291 g/mol. The number of Topliss-reactive ketones (excluding diaryl/α,β-unsaturated/α-hetero) is 1. The summed E-state index contributed by atoms with van der Waals surface area (Å²) in [7, 11) is 0. The number of amides is 1. The molecule has 1 N–H and O–H groups in total. The van der Waals surface area contributed by atoms with E-state index in [1.54, 1.807) is 6.92 Å². The number of nitrogens with zero attached hydrogens (tertiary/aromatic N) is 1. The van der Waals surface area contributed by atoms with Crippen molar-refractivity contribution in [2.24, 2.45) is 0 Å². The quantitative estimate of drug-likeness (QED) is 0.797. The van der Waals surface area contributed by atoms with Gasteiger partial charge in [0.1, 0.15) is 5.78 Å². The molecule has 0 aromatic heterocycles. The Hall–Kier alpha value is -2.17. The van der Waals surface area contributed by atoms with Gasteiger partial charge in [0.15, 0.2) is 0 Å². The van der Waals surface area contributed by atoms with Gasteiger partial charge in [-0.3, -0.25) is 9.59 Å². The largest absolute Gasteiger partial charge is 0.481 e. The molecule has 1 atom stereocenters. The molecule has 0 saturated carbocycles. The molecule has 1 rings (SSSR count). The van der Waals surface area contributed by atoms with Crippen molar-refractivity contribution in [3.8, 4) is 0 Å². The Kier molecular flexibility index (Phi) is 6.59. The third kappa shape index (κ3) is 6.21. The number of carbonyl (C=O) groups excluding carboxylic acids is 2. The first-order chi connectivity index (χ1) is 9.90. The second-order valence-electron chi connectivity index (χ2n) is 5.16. The van der Waals surface area contributed by atoms with Gasteiger partial charge in [0, 0.05) is 25.4 Å². The lowest BCUT2D eigenvalue weighted by Gasteiger charge is -2.28. The van der Waals surface area contributed by atoms with E-state index in [9.17, 15) is 14.4 Å². The fourth-order valence-corrected chi connectivity index (χ4v) is 2.06. The van der Waals surface area contributed by atoms with Crippen LogP contribution in [0.25, 0.3) is 0 Å². The van der Waals surface area contributed by atoms with Crippen molar-refractivity contribution in [2.75, 3.05) is 0 Å². The number of carboxylic acid groups (broad SMARTS) is 1. The highest BCUT2D eigenvalue weighted by atomic mass is 16.4. The van der Waals surface area contributed by atoms with Crippen LogP contribution in [-0.4, -0.2) is 33.7 Å². The lowest BCUT2D eigenvalue weighted by Crippen LogP contribution is -2.39. The zero-order chi connectivity index (χ0) is 15.8. The molecule has 0 aliphatic rings. The Morgan fingerprint density at radius 1 is 1.14 bits per heavy atom. The minimum atomic E-state index is -0.945. The molecule has 0 saturated heterocycles. The number of carbonyl (C=O) groups is 3. The predicted molar refractivity (Wildman–Crippen MR) is 78.6 cm³/mol. The number of carboxylic acids is 1. The maximum atomic E-state index is 12.3. The third-order valence-corrected chi connectivity index (χ3v) is 3.21. The summed E-state index contributed by atoms with van der Waals surface area (Å²) in [6, 6.07) is 8.98. The van der Waals surface area contributed by atoms with Crippen LogP contribution < -0.4 is 0 Å². The Labute approximate surface area is 124 Å². The molecule has 0 bridgehead atoms. The molecule has 1 amide bonds. The van der Waals surface area contributed by atoms with E-state index in [1.165, 1.54) is 11.8 Å². The molecular formula is C16H21NO4. The van der Waals surface area contributed by atoms with Gasteiger partial charge in [-0.1, -0.05) is 30.3 Å². The Bertz CT molecular complexity index is 498. The van der Waals surface area contributed by atoms with Crippen molar-refractivity contribution in [3.63, 3.8) is 0 Å². The van der Waals surface area contributed by atoms with Gasteiger partial charge in [-0.2, -0.15) is 0 Å². The van der Waals surface area contributed by atoms with Gasteiger partial charge < -0.3 is 14.8 Å². The fourth-order valence-electron chi connectivity index (χ4n) is 2.06. The number of ketones is 1. The predicted octanol–water partition coefficient (Wildman–Crippen LogP) is 2.25. The first kappa shape index (κ1) is 16.9. The van der Waals surface area contributed by atoms with Crippen LogP contribution in [0.1, 0.15) is 38.7 Å². The summed E-state index contributed by atoms with van der Waals surface area (Å²) in [5.74, 6) is -1.18. The van der Waals surface area contributed by atoms with E-state index in [0.717, 1.165) is 5.56 Å². The zero-order valence-corrected chi connectivity index (χ0v) is 12.4. The molecule has 5 heteroatoms. The fraction of sp³-hybridized carbons (Fsp3) is 0.438. The third-order valence-electron chi connectivity index (χ3n) is 3.21. The van der Waals surface area contributed by atoms with Gasteiger partial charge in [0.25, 0.3) is 0 Å². The number of hydrogen-bond donors (Lipinski definition) is 1. The summed E-state index contributed by atoms with van der Waals surface area (Å²) < 4.78 is 0. The molecule has 1 unspecified atom stereocenters. The van der Waals surface area contributed by atoms with Gasteiger partial charge >= 0.3 is 5.97 Å². The Balaban J connectivity index is 2.80. The molecule has 1 aromatic rings. The van der Waals surface area contributed by atoms with Crippen LogP contribution in [0.5, 0.6) is 0 Å². The lowest BCUT2D eigenvalue weighted by molar-refractivity contribution is -0.141. The minimum absolute atomic E-state index is 0.0473. The van der Waals surface area contributed by atoms with E-state index in [0.29, 0.717) is 6.54 Å². The van der Waals surface area contributed by atoms with Crippen molar-refractivity contribution >= 4 is 17.7 Å². The maximum Gasteiger partial charge on any atom is 0.305 e. The molecule has 0 spiro atoms. The average Bonchev–Trinajstić information content (AvgIpc) is 2.42. The van der Waals surface area contributed by atoms with Gasteiger partial charge in [-0.25, -0.2) is 0 Å². The van der Waals surface area contributed by atoms with Gasteiger partial charge in [-0.05, 0) is 19.4 Å². The maximum absolute atomic E-state index is 12.3. The van der Waals surface area contributed by atoms with E-state index in [2.05, 4.69) is 0 Å². The van der Waals surface area contributed by atoms with E-state index in [-0.39, 0.29) is 31.0 Å². The van der Waals surface area contributed by atoms with Crippen molar-refractivity contribution in [3.05, 3.63) is 35.9 Å². The first-order valence-corrected chi connectivity index (χ1v) is 6.94. The summed E-state index contributed by atoms with van der Waals surface area (Å²) in [6.07, 6.45) is 0.189. The van der Waals surface area contributed by atoms with E-state index < -0.39 is 12.0 Å². The summed E-state index contributed by atoms with van der Waals surface area (Å²) in [6.45, 7) is 3.50. The van der Waals surface area contributed by atoms with E-state index in [1.807, 2.05) is 30.3 Å². The van der Waals surface area contributed by atoms with Crippen LogP contribution in [0.2, 0.25) is 0 Å². The summed E-state index contributed by atoms with van der Waals surface area (Å²) in [5.41, 5.74) is 0.936. The minimum Gasteiger partial charge on any atom is -0.481 e. The number of benzene rings is 1. The van der Waals surface area contributed by atoms with Crippen molar-refractivity contribution in [1.29, 1.82) is 0 Å². The summed E-state index contributed by atoms with van der Waals surface area (Å²) in [5, 5.41) is 8.91. The van der Waals surface area contributed by atoms with Crippen molar-refractivity contribution in [2.45, 2.75) is 45.7 Å². The highest BCUT2D eigenvalue weighted by Gasteiger charge is 2.22. The van der Waals surface area contributed by atoms with Gasteiger partial charge in [0.05, 0.1) is 6.42 Å². The highest BCUT2D eigenvalue weighted by molar-refractivity contribution is 5.84. The molecule has 0 radical (unpaired) electrons. The monoisotopic (exact) mass is 291 g/mol. The number of rotatable bonds is 8. The zero-order valence-electron chi connectivity index (χ0n) is 12.4. The van der Waals surface area contributed by atoms with E-state index >= 15 is 0 Å². The number of hydrogen-bond acceptors (Lipinski definition) is 3. The van der Waals surface area contributed by atoms with Crippen molar-refractivity contribution < 1.29 is 19.5 Å². The topological polar surface area (TPSA) is 74.7 Å². The van der Waals surface area contributed by atoms with Crippen molar-refractivity contribution in [1.82, 2.24) is 4.90 Å². The molecule has 0 heterocycles. The van der Waals surface area contributed by atoms with Gasteiger partial charge in [-0.15, -0.1) is 0 Å². The summed E-state index contributed by atoms with van der Waals surface area (Å²) >= 11 is 0. The molecule has 21 heavy (non-hydrogen) atoms. The van der Waals surface area contributed by atoms with Crippen LogP contribution in [0.15, 0.2) is 30.3 Å². The highest BCUT2D eigenvalue weighted by Crippen LogP contribution is 2.13. The molecule has 0 aliphatic heterocycles. The lowest BCUT2D eigenvalue weighted by atomic mass is 10.1. The molecule has 0 fully saturated rings. The number of aliphatic carboxylic acids is 1. The van der Waals surface area contributed by atoms with Crippen LogP contribution >= 0.6 is 0 Å². The standard InChI is InChI=1S/C16H21NO4/c1-12(10-16(20)21)17(15(19)9-8-13(2)18)11-14-6-4-3-5-7-14/h3-7,12H,8-11H2,1-2H3,(H,20,21). The molecule has 114 valence electrons. The second-order valence-corrected chi connectivity index (χ2v) is 5.16. The Morgan fingerprint density at radius 2 is 1.76 bits per heavy atom. The molecular weight excluding hydrogens is 270 g/mol. The smallest absolute Gasteiger partial charge is 0.305 e. The second kappa shape index (κ2) is 8.19. The Morgan fingerprint density at radius 3 is 2.29 bits per heavy atom. The molecule has 5 nitrogen and oxygen atoms in total. The summed E-state index contributed by atoms with van der Waals surface area (Å²) in [4.78, 5) is 35.7. The first-order valence-electron chi connectivity index (χ1n) is 6.94.